The van der Waals surface area contributed by atoms with Crippen molar-refractivity contribution < 1.29 is 14.3 Å². The minimum Gasteiger partial charge on any atom is -0.465 e. The molecule has 1 amide bonds. The second kappa shape index (κ2) is 7.50. The molecule has 4 rings (SSSR count). The molecule has 0 radical (unpaired) electrons. The molecule has 2 heterocycles. The van der Waals surface area contributed by atoms with Crippen LogP contribution in [0, 0.1) is 0 Å². The highest BCUT2D eigenvalue weighted by atomic mass is 16.5. The maximum Gasteiger partial charge on any atom is 0.325 e. The van der Waals surface area contributed by atoms with Crippen LogP contribution in [0.4, 0.5) is 0 Å². The van der Waals surface area contributed by atoms with E-state index < -0.39 is 12.2 Å². The molecular formula is C21H23N3O3. The summed E-state index contributed by atoms with van der Waals surface area (Å²) in [5, 5.41) is 7.18. The van der Waals surface area contributed by atoms with Gasteiger partial charge in [-0.25, -0.2) is 5.01 Å². The number of esters is 1. The van der Waals surface area contributed by atoms with Gasteiger partial charge in [-0.3, -0.25) is 19.9 Å². The number of carbonyl (C=O) groups excluding carboxylic acids is 2. The second-order valence-electron chi connectivity index (χ2n) is 6.72. The molecule has 2 aliphatic rings. The SMILES string of the molecule is CCOC(=O)[C@@H]1N[C@H](c2ccccc2)N2C(=O)CCN2[C@H]1c1ccccc1. The lowest BCUT2D eigenvalue weighted by Gasteiger charge is -2.48. The highest BCUT2D eigenvalue weighted by Gasteiger charge is 2.50. The zero-order valence-electron chi connectivity index (χ0n) is 15.2. The summed E-state index contributed by atoms with van der Waals surface area (Å²) in [7, 11) is 0. The third-order valence-corrected chi connectivity index (χ3v) is 5.10. The second-order valence-corrected chi connectivity index (χ2v) is 6.72. The van der Waals surface area contributed by atoms with Crippen LogP contribution in [-0.2, 0) is 14.3 Å². The first-order chi connectivity index (χ1) is 13.2. The minimum atomic E-state index is -0.570. The van der Waals surface area contributed by atoms with E-state index in [2.05, 4.69) is 5.32 Å². The van der Waals surface area contributed by atoms with Crippen LogP contribution < -0.4 is 5.32 Å². The molecule has 2 fully saturated rings. The third-order valence-electron chi connectivity index (χ3n) is 5.10. The molecule has 2 aliphatic heterocycles. The van der Waals surface area contributed by atoms with Crippen molar-refractivity contribution in [1.82, 2.24) is 15.3 Å². The van der Waals surface area contributed by atoms with Crippen LogP contribution in [0.5, 0.6) is 0 Å². The quantitative estimate of drug-likeness (QED) is 0.843. The summed E-state index contributed by atoms with van der Waals surface area (Å²) in [6, 6.07) is 18.7. The molecule has 6 heteroatoms. The number of hydrogen-bond donors (Lipinski definition) is 1. The van der Waals surface area contributed by atoms with E-state index in [4.69, 9.17) is 4.74 Å². The Kier molecular flexibility index (Phi) is 4.92. The monoisotopic (exact) mass is 365 g/mol. The van der Waals surface area contributed by atoms with Gasteiger partial charge in [-0.2, -0.15) is 0 Å². The van der Waals surface area contributed by atoms with E-state index in [1.807, 2.05) is 65.7 Å². The number of hydrazine groups is 1. The Balaban J connectivity index is 1.77. The smallest absolute Gasteiger partial charge is 0.325 e. The Bertz CT molecular complexity index is 812. The van der Waals surface area contributed by atoms with Gasteiger partial charge in [0.15, 0.2) is 0 Å². The maximum absolute atomic E-state index is 12.8. The summed E-state index contributed by atoms with van der Waals surface area (Å²) in [4.78, 5) is 25.5. The molecule has 1 N–H and O–H groups in total. The predicted molar refractivity (Wildman–Crippen MR) is 100 cm³/mol. The first-order valence-electron chi connectivity index (χ1n) is 9.32. The Labute approximate surface area is 158 Å². The molecule has 0 saturated carbocycles. The van der Waals surface area contributed by atoms with Crippen molar-refractivity contribution in [3.05, 3.63) is 71.8 Å². The van der Waals surface area contributed by atoms with Crippen molar-refractivity contribution in [2.75, 3.05) is 13.2 Å². The maximum atomic E-state index is 12.8. The molecule has 140 valence electrons. The molecule has 0 unspecified atom stereocenters. The van der Waals surface area contributed by atoms with Gasteiger partial charge in [0.2, 0.25) is 5.91 Å². The van der Waals surface area contributed by atoms with Gasteiger partial charge in [0.1, 0.15) is 12.2 Å². The van der Waals surface area contributed by atoms with Crippen LogP contribution in [-0.4, -0.2) is 41.1 Å². The Morgan fingerprint density at radius 2 is 1.70 bits per heavy atom. The zero-order valence-corrected chi connectivity index (χ0v) is 15.2. The number of nitrogens with one attached hydrogen (secondary N) is 1. The number of hydrogen-bond acceptors (Lipinski definition) is 5. The van der Waals surface area contributed by atoms with Gasteiger partial charge >= 0.3 is 5.97 Å². The van der Waals surface area contributed by atoms with E-state index in [0.29, 0.717) is 19.6 Å². The first kappa shape index (κ1) is 17.7. The summed E-state index contributed by atoms with van der Waals surface area (Å²) >= 11 is 0. The molecule has 2 aromatic carbocycles. The van der Waals surface area contributed by atoms with Crippen LogP contribution >= 0.6 is 0 Å². The summed E-state index contributed by atoms with van der Waals surface area (Å²) in [6.07, 6.45) is 0.0414. The lowest BCUT2D eigenvalue weighted by Crippen LogP contribution is -2.63. The van der Waals surface area contributed by atoms with Crippen LogP contribution in [0.3, 0.4) is 0 Å². The van der Waals surface area contributed by atoms with Crippen LogP contribution in [0.2, 0.25) is 0 Å². The molecule has 2 aromatic rings. The van der Waals surface area contributed by atoms with Crippen LogP contribution in [0.15, 0.2) is 60.7 Å². The summed E-state index contributed by atoms with van der Waals surface area (Å²) in [5.41, 5.74) is 1.92. The number of ether oxygens (including phenoxy) is 1. The average molecular weight is 365 g/mol. The lowest BCUT2D eigenvalue weighted by atomic mass is 9.96. The topological polar surface area (TPSA) is 61.9 Å². The number of amides is 1. The van der Waals surface area contributed by atoms with Gasteiger partial charge < -0.3 is 4.74 Å². The Morgan fingerprint density at radius 1 is 1.07 bits per heavy atom. The molecule has 0 aliphatic carbocycles. The molecule has 3 atom stereocenters. The highest BCUT2D eigenvalue weighted by Crippen LogP contribution is 2.39. The molecule has 6 nitrogen and oxygen atoms in total. The van der Waals surface area contributed by atoms with Crippen molar-refractivity contribution in [3.63, 3.8) is 0 Å². The van der Waals surface area contributed by atoms with Crippen molar-refractivity contribution in [2.45, 2.75) is 31.6 Å². The van der Waals surface area contributed by atoms with Gasteiger partial charge in [-0.15, -0.1) is 0 Å². The van der Waals surface area contributed by atoms with Gasteiger partial charge in [-0.1, -0.05) is 60.7 Å². The zero-order chi connectivity index (χ0) is 18.8. The fourth-order valence-corrected chi connectivity index (χ4v) is 3.96. The Morgan fingerprint density at radius 3 is 2.33 bits per heavy atom. The summed E-state index contributed by atoms with van der Waals surface area (Å²) in [5.74, 6) is -0.245. The normalized spacial score (nSPS) is 25.3. The average Bonchev–Trinajstić information content (AvgIpc) is 3.10. The van der Waals surface area contributed by atoms with E-state index in [9.17, 15) is 9.59 Å². The van der Waals surface area contributed by atoms with E-state index in [1.165, 1.54) is 0 Å². The molecule has 0 aromatic heterocycles. The van der Waals surface area contributed by atoms with E-state index >= 15 is 0 Å². The van der Waals surface area contributed by atoms with E-state index in [-0.39, 0.29) is 17.9 Å². The molecule has 0 spiro atoms. The number of rotatable bonds is 4. The highest BCUT2D eigenvalue weighted by molar-refractivity contribution is 5.81. The number of carbonyl (C=O) groups is 2. The first-order valence-corrected chi connectivity index (χ1v) is 9.32. The molecule has 0 bridgehead atoms. The number of nitrogens with zero attached hydrogens (tertiary/aromatic N) is 2. The van der Waals surface area contributed by atoms with Crippen LogP contribution in [0.1, 0.15) is 36.7 Å². The van der Waals surface area contributed by atoms with Crippen molar-refractivity contribution in [3.8, 4) is 0 Å². The number of benzene rings is 2. The van der Waals surface area contributed by atoms with Gasteiger partial charge in [-0.05, 0) is 18.1 Å². The van der Waals surface area contributed by atoms with Crippen molar-refractivity contribution in [2.24, 2.45) is 0 Å². The fraction of sp³-hybridized carbons (Fsp3) is 0.333. The van der Waals surface area contributed by atoms with Gasteiger partial charge in [0.25, 0.3) is 0 Å². The Hall–Kier alpha value is -2.70. The van der Waals surface area contributed by atoms with E-state index in [1.54, 1.807) is 11.9 Å². The van der Waals surface area contributed by atoms with Gasteiger partial charge in [0, 0.05) is 13.0 Å². The molecular weight excluding hydrogens is 342 g/mol. The summed E-state index contributed by atoms with van der Waals surface area (Å²) in [6.45, 7) is 2.70. The van der Waals surface area contributed by atoms with Gasteiger partial charge in [0.05, 0.1) is 12.6 Å². The van der Waals surface area contributed by atoms with Crippen molar-refractivity contribution in [1.29, 1.82) is 0 Å². The summed E-state index contributed by atoms with van der Waals surface area (Å²) < 4.78 is 5.36. The van der Waals surface area contributed by atoms with Crippen molar-refractivity contribution >= 4 is 11.9 Å². The fourth-order valence-electron chi connectivity index (χ4n) is 3.96. The van der Waals surface area contributed by atoms with E-state index in [0.717, 1.165) is 11.1 Å². The lowest BCUT2D eigenvalue weighted by molar-refractivity contribution is -0.174. The minimum absolute atomic E-state index is 0.0552. The standard InChI is InChI=1S/C21H23N3O3/c1-2-27-21(26)18-19(15-9-5-3-6-10-15)23-14-13-17(25)24(23)20(22-18)16-11-7-4-8-12-16/h3-12,18-20,22H,2,13-14H2,1H3/t18-,19+,20+/m1/s1. The molecule has 2 saturated heterocycles. The largest absolute Gasteiger partial charge is 0.465 e. The predicted octanol–water partition coefficient (Wildman–Crippen LogP) is 2.41. The van der Waals surface area contributed by atoms with Crippen LogP contribution in [0.25, 0.3) is 0 Å². The third kappa shape index (κ3) is 3.22. The molecule has 27 heavy (non-hydrogen) atoms. The number of fused-ring (bicyclic) bond motifs is 1.